The van der Waals surface area contributed by atoms with Crippen molar-refractivity contribution in [1.82, 2.24) is 35.3 Å². The van der Waals surface area contributed by atoms with Gasteiger partial charge in [0.15, 0.2) is 5.82 Å². The molecule has 1 atom stereocenters. The predicted octanol–water partition coefficient (Wildman–Crippen LogP) is -0.553. The molecule has 0 amide bonds. The third-order valence-corrected chi connectivity index (χ3v) is 2.50. The van der Waals surface area contributed by atoms with Gasteiger partial charge in [-0.25, -0.2) is 0 Å². The van der Waals surface area contributed by atoms with Crippen molar-refractivity contribution in [1.29, 1.82) is 0 Å². The number of hydrogen-bond donors (Lipinski definition) is 1. The zero-order valence-electron chi connectivity index (χ0n) is 9.62. The first-order valence-electron chi connectivity index (χ1n) is 5.08. The molecule has 0 spiro atoms. The standard InChI is InChI=1S/C9H15N7/c1-10-7(8-4-5-11-15(8)2)6-9-12-14-16(3)13-9/h4-5,7,10H,6H2,1-3H3. The van der Waals surface area contributed by atoms with Crippen LogP contribution in [0.25, 0.3) is 0 Å². The average molecular weight is 221 g/mol. The van der Waals surface area contributed by atoms with E-state index in [4.69, 9.17) is 0 Å². The van der Waals surface area contributed by atoms with Crippen LogP contribution in [-0.2, 0) is 20.5 Å². The van der Waals surface area contributed by atoms with Crippen LogP contribution in [0.5, 0.6) is 0 Å². The van der Waals surface area contributed by atoms with Crippen molar-refractivity contribution >= 4 is 0 Å². The summed E-state index contributed by atoms with van der Waals surface area (Å²) in [5.74, 6) is 0.725. The maximum atomic E-state index is 4.16. The van der Waals surface area contributed by atoms with Crippen LogP contribution in [-0.4, -0.2) is 37.0 Å². The molecule has 7 nitrogen and oxygen atoms in total. The highest BCUT2D eigenvalue weighted by Crippen LogP contribution is 2.14. The number of aryl methyl sites for hydroxylation is 2. The Hall–Kier alpha value is -1.76. The third kappa shape index (κ3) is 2.08. The second-order valence-electron chi connectivity index (χ2n) is 3.62. The molecule has 0 bridgehead atoms. The van der Waals surface area contributed by atoms with E-state index >= 15 is 0 Å². The summed E-state index contributed by atoms with van der Waals surface area (Å²) in [6.07, 6.45) is 2.48. The van der Waals surface area contributed by atoms with Gasteiger partial charge >= 0.3 is 0 Å². The first-order valence-corrected chi connectivity index (χ1v) is 5.08. The minimum absolute atomic E-state index is 0.150. The number of nitrogens with one attached hydrogen (secondary N) is 1. The predicted molar refractivity (Wildman–Crippen MR) is 57.5 cm³/mol. The Morgan fingerprint density at radius 2 is 2.25 bits per heavy atom. The molecular weight excluding hydrogens is 206 g/mol. The second-order valence-corrected chi connectivity index (χ2v) is 3.62. The largest absolute Gasteiger partial charge is 0.311 e. The van der Waals surface area contributed by atoms with Gasteiger partial charge < -0.3 is 5.32 Å². The fourth-order valence-corrected chi connectivity index (χ4v) is 1.67. The van der Waals surface area contributed by atoms with Crippen LogP contribution >= 0.6 is 0 Å². The first kappa shape index (κ1) is 10.7. The van der Waals surface area contributed by atoms with E-state index in [2.05, 4.69) is 25.8 Å². The van der Waals surface area contributed by atoms with Crippen LogP contribution in [0.3, 0.4) is 0 Å². The van der Waals surface area contributed by atoms with Crippen molar-refractivity contribution in [2.75, 3.05) is 7.05 Å². The number of nitrogens with zero attached hydrogens (tertiary/aromatic N) is 6. The highest BCUT2D eigenvalue weighted by molar-refractivity contribution is 5.08. The summed E-state index contributed by atoms with van der Waals surface area (Å²) in [5, 5.41) is 19.3. The van der Waals surface area contributed by atoms with Crippen molar-refractivity contribution in [3.05, 3.63) is 23.8 Å². The number of hydrogen-bond acceptors (Lipinski definition) is 5. The molecule has 0 aliphatic carbocycles. The van der Waals surface area contributed by atoms with E-state index in [9.17, 15) is 0 Å². The summed E-state index contributed by atoms with van der Waals surface area (Å²) in [4.78, 5) is 1.46. The Balaban J connectivity index is 2.15. The Kier molecular flexibility index (Phi) is 2.95. The molecule has 16 heavy (non-hydrogen) atoms. The van der Waals surface area contributed by atoms with Gasteiger partial charge in [-0.3, -0.25) is 4.68 Å². The van der Waals surface area contributed by atoms with E-state index < -0.39 is 0 Å². The van der Waals surface area contributed by atoms with Gasteiger partial charge in [0.25, 0.3) is 0 Å². The van der Waals surface area contributed by atoms with E-state index in [-0.39, 0.29) is 6.04 Å². The fourth-order valence-electron chi connectivity index (χ4n) is 1.67. The lowest BCUT2D eigenvalue weighted by Crippen LogP contribution is -2.22. The molecule has 0 saturated heterocycles. The van der Waals surface area contributed by atoms with Gasteiger partial charge in [-0.2, -0.15) is 9.90 Å². The molecule has 2 heterocycles. The number of aromatic nitrogens is 6. The van der Waals surface area contributed by atoms with Gasteiger partial charge in [0.05, 0.1) is 18.8 Å². The highest BCUT2D eigenvalue weighted by atomic mass is 15.6. The molecule has 0 fully saturated rings. The van der Waals surface area contributed by atoms with Gasteiger partial charge in [0.1, 0.15) is 0 Å². The molecule has 0 radical (unpaired) electrons. The third-order valence-electron chi connectivity index (χ3n) is 2.50. The van der Waals surface area contributed by atoms with E-state index in [0.29, 0.717) is 6.42 Å². The van der Waals surface area contributed by atoms with Gasteiger partial charge in [-0.05, 0) is 18.3 Å². The summed E-state index contributed by atoms with van der Waals surface area (Å²) in [6.45, 7) is 0. The average Bonchev–Trinajstić information content (AvgIpc) is 2.84. The quantitative estimate of drug-likeness (QED) is 0.749. The van der Waals surface area contributed by atoms with Gasteiger partial charge in [0, 0.05) is 19.7 Å². The molecular formula is C9H15N7. The number of tetrazole rings is 1. The minimum Gasteiger partial charge on any atom is -0.311 e. The first-order chi connectivity index (χ1) is 7.70. The summed E-state index contributed by atoms with van der Waals surface area (Å²) >= 11 is 0. The zero-order valence-corrected chi connectivity index (χ0v) is 9.62. The van der Waals surface area contributed by atoms with Crippen LogP contribution < -0.4 is 5.32 Å². The van der Waals surface area contributed by atoms with Gasteiger partial charge in [-0.15, -0.1) is 10.2 Å². The van der Waals surface area contributed by atoms with Crippen molar-refractivity contribution in [3.63, 3.8) is 0 Å². The normalized spacial score (nSPS) is 12.9. The smallest absolute Gasteiger partial charge is 0.176 e. The van der Waals surface area contributed by atoms with Crippen LogP contribution in [0.1, 0.15) is 17.6 Å². The van der Waals surface area contributed by atoms with Crippen LogP contribution in [0, 0.1) is 0 Å². The SMILES string of the molecule is CNC(Cc1nnn(C)n1)c1ccnn1C. The van der Waals surface area contributed by atoms with Crippen LogP contribution in [0.4, 0.5) is 0 Å². The maximum absolute atomic E-state index is 4.16. The molecule has 86 valence electrons. The molecule has 0 saturated carbocycles. The van der Waals surface area contributed by atoms with Gasteiger partial charge in [-0.1, -0.05) is 0 Å². The Labute approximate surface area is 93.5 Å². The van der Waals surface area contributed by atoms with Gasteiger partial charge in [0.2, 0.25) is 0 Å². The van der Waals surface area contributed by atoms with E-state index in [0.717, 1.165) is 11.5 Å². The van der Waals surface area contributed by atoms with E-state index in [1.807, 2.05) is 24.8 Å². The van der Waals surface area contributed by atoms with Crippen LogP contribution in [0.15, 0.2) is 12.3 Å². The lowest BCUT2D eigenvalue weighted by molar-refractivity contribution is 0.524. The molecule has 0 aliphatic heterocycles. The second kappa shape index (κ2) is 4.40. The molecule has 2 aromatic heterocycles. The summed E-state index contributed by atoms with van der Waals surface area (Å²) in [6, 6.07) is 2.13. The Bertz CT molecular complexity index is 458. The van der Waals surface area contributed by atoms with Crippen molar-refractivity contribution in [2.45, 2.75) is 12.5 Å². The molecule has 0 aromatic carbocycles. The maximum Gasteiger partial charge on any atom is 0.176 e. The minimum atomic E-state index is 0.150. The van der Waals surface area contributed by atoms with E-state index in [1.54, 1.807) is 13.2 Å². The van der Waals surface area contributed by atoms with Crippen molar-refractivity contribution < 1.29 is 0 Å². The molecule has 0 aliphatic rings. The monoisotopic (exact) mass is 221 g/mol. The summed E-state index contributed by atoms with van der Waals surface area (Å²) in [7, 11) is 5.59. The fraction of sp³-hybridized carbons (Fsp3) is 0.556. The molecule has 1 unspecified atom stereocenters. The van der Waals surface area contributed by atoms with E-state index in [1.165, 1.54) is 4.80 Å². The topological polar surface area (TPSA) is 73.5 Å². The number of likely N-dealkylation sites (N-methyl/N-ethyl adjacent to an activating group) is 1. The lowest BCUT2D eigenvalue weighted by Gasteiger charge is -2.14. The molecule has 2 rings (SSSR count). The summed E-state index contributed by atoms with van der Waals surface area (Å²) in [5.41, 5.74) is 1.11. The Morgan fingerprint density at radius 3 is 2.75 bits per heavy atom. The Morgan fingerprint density at radius 1 is 1.44 bits per heavy atom. The van der Waals surface area contributed by atoms with Crippen molar-refractivity contribution in [3.8, 4) is 0 Å². The lowest BCUT2D eigenvalue weighted by atomic mass is 10.1. The highest BCUT2D eigenvalue weighted by Gasteiger charge is 2.16. The molecule has 7 heteroatoms. The zero-order chi connectivity index (χ0) is 11.5. The number of rotatable bonds is 4. The molecule has 2 aromatic rings. The summed E-state index contributed by atoms with van der Waals surface area (Å²) < 4.78 is 1.84. The van der Waals surface area contributed by atoms with Crippen LogP contribution in [0.2, 0.25) is 0 Å². The van der Waals surface area contributed by atoms with Crippen molar-refractivity contribution in [2.24, 2.45) is 14.1 Å². The molecule has 1 N–H and O–H groups in total.